The van der Waals surface area contributed by atoms with Gasteiger partial charge in [0.1, 0.15) is 10.5 Å². The van der Waals surface area contributed by atoms with Gasteiger partial charge in [0.25, 0.3) is 5.91 Å². The van der Waals surface area contributed by atoms with Crippen LogP contribution in [0.4, 0.5) is 0 Å². The molecule has 3 rings (SSSR count). The van der Waals surface area contributed by atoms with Crippen LogP contribution in [0.25, 0.3) is 10.6 Å². The van der Waals surface area contributed by atoms with Crippen molar-refractivity contribution < 1.29 is 14.3 Å². The van der Waals surface area contributed by atoms with Crippen LogP contribution in [-0.2, 0) is 27.2 Å². The number of nitrogens with one attached hydrogen (secondary N) is 1. The fourth-order valence-corrected chi connectivity index (χ4v) is 4.30. The fraction of sp³-hybridized carbons (Fsp3) is 0.455. The van der Waals surface area contributed by atoms with Gasteiger partial charge in [-0.05, 0) is 24.8 Å². The lowest BCUT2D eigenvalue weighted by molar-refractivity contribution is -0.148. The summed E-state index contributed by atoms with van der Waals surface area (Å²) in [5.74, 6) is -0.940. The summed E-state index contributed by atoms with van der Waals surface area (Å²) < 4.78 is 5.09. The number of nitriles is 1. The van der Waals surface area contributed by atoms with Crippen molar-refractivity contribution in [2.45, 2.75) is 57.4 Å². The molecule has 1 aliphatic rings. The van der Waals surface area contributed by atoms with Gasteiger partial charge in [0.15, 0.2) is 6.61 Å². The van der Waals surface area contributed by atoms with Gasteiger partial charge in [0.2, 0.25) is 0 Å². The molecule has 0 atom stereocenters. The first-order valence-electron chi connectivity index (χ1n) is 9.95. The van der Waals surface area contributed by atoms with E-state index in [1.165, 1.54) is 16.9 Å². The number of hydrogen-bond acceptors (Lipinski definition) is 6. The van der Waals surface area contributed by atoms with Gasteiger partial charge in [-0.3, -0.25) is 9.59 Å². The maximum atomic E-state index is 12.1. The number of rotatable bonds is 7. The van der Waals surface area contributed by atoms with Crippen LogP contribution in [0.15, 0.2) is 29.6 Å². The number of nitrogens with zero attached hydrogens (tertiary/aromatic N) is 2. The average molecular weight is 412 g/mol. The molecular formula is C22H25N3O3S. The maximum absolute atomic E-state index is 12.1. The van der Waals surface area contributed by atoms with E-state index in [0.29, 0.717) is 18.5 Å². The number of ether oxygens (including phenoxy) is 1. The van der Waals surface area contributed by atoms with Crippen molar-refractivity contribution in [3.05, 3.63) is 40.9 Å². The van der Waals surface area contributed by atoms with Crippen molar-refractivity contribution in [1.29, 1.82) is 5.26 Å². The molecule has 0 radical (unpaired) electrons. The second kappa shape index (κ2) is 9.66. The molecule has 6 nitrogen and oxygen atoms in total. The van der Waals surface area contributed by atoms with E-state index in [0.717, 1.165) is 36.3 Å². The van der Waals surface area contributed by atoms with Gasteiger partial charge in [-0.1, -0.05) is 50.5 Å². The molecule has 7 heteroatoms. The summed E-state index contributed by atoms with van der Waals surface area (Å²) in [7, 11) is 0. The highest BCUT2D eigenvalue weighted by Gasteiger charge is 2.33. The number of esters is 1. The third kappa shape index (κ3) is 5.64. The molecule has 0 aliphatic heterocycles. The summed E-state index contributed by atoms with van der Waals surface area (Å²) in [5.41, 5.74) is 2.08. The van der Waals surface area contributed by atoms with Crippen molar-refractivity contribution in [3.63, 3.8) is 0 Å². The summed E-state index contributed by atoms with van der Waals surface area (Å²) in [5, 5.41) is 14.8. The van der Waals surface area contributed by atoms with Crippen molar-refractivity contribution in [3.8, 4) is 16.6 Å². The summed E-state index contributed by atoms with van der Waals surface area (Å²) in [4.78, 5) is 28.7. The highest BCUT2D eigenvalue weighted by atomic mass is 32.1. The number of benzene rings is 1. The molecule has 1 aromatic carbocycles. The molecule has 0 spiro atoms. The zero-order valence-electron chi connectivity index (χ0n) is 16.6. The van der Waals surface area contributed by atoms with E-state index in [1.54, 1.807) is 0 Å². The highest BCUT2D eigenvalue weighted by molar-refractivity contribution is 7.13. The van der Waals surface area contributed by atoms with Crippen molar-refractivity contribution in [2.75, 3.05) is 6.61 Å². The number of carbonyl (C=O) groups excluding carboxylic acids is 2. The van der Waals surface area contributed by atoms with Gasteiger partial charge in [-0.25, -0.2) is 4.98 Å². The number of carbonyl (C=O) groups is 2. The van der Waals surface area contributed by atoms with Gasteiger partial charge >= 0.3 is 5.97 Å². The van der Waals surface area contributed by atoms with Gasteiger partial charge < -0.3 is 10.1 Å². The summed E-state index contributed by atoms with van der Waals surface area (Å²) in [6.45, 7) is 1.73. The lowest BCUT2D eigenvalue weighted by Gasteiger charge is -2.31. The Morgan fingerprint density at radius 2 is 1.97 bits per heavy atom. The third-order valence-electron chi connectivity index (χ3n) is 5.15. The largest absolute Gasteiger partial charge is 0.455 e. The molecule has 2 aromatic rings. The summed E-state index contributed by atoms with van der Waals surface area (Å²) in [6, 6.07) is 10.4. The van der Waals surface area contributed by atoms with E-state index in [4.69, 9.17) is 4.74 Å². The van der Waals surface area contributed by atoms with E-state index >= 15 is 0 Å². The first kappa shape index (κ1) is 21.0. The number of thiazole rings is 1. The highest BCUT2D eigenvalue weighted by Crippen LogP contribution is 2.27. The van der Waals surface area contributed by atoms with Crippen molar-refractivity contribution >= 4 is 23.2 Å². The maximum Gasteiger partial charge on any atom is 0.312 e. The van der Waals surface area contributed by atoms with E-state index in [-0.39, 0.29) is 13.0 Å². The predicted molar refractivity (Wildman–Crippen MR) is 111 cm³/mol. The van der Waals surface area contributed by atoms with E-state index in [1.807, 2.05) is 17.5 Å². The van der Waals surface area contributed by atoms with E-state index in [9.17, 15) is 14.9 Å². The number of aryl methyl sites for hydroxylation is 1. The minimum Gasteiger partial charge on any atom is -0.455 e. The van der Waals surface area contributed by atoms with E-state index in [2.05, 4.69) is 35.4 Å². The number of aromatic nitrogens is 1. The molecule has 1 aliphatic carbocycles. The van der Waals surface area contributed by atoms with Gasteiger partial charge in [-0.2, -0.15) is 5.26 Å². The van der Waals surface area contributed by atoms with Crippen LogP contribution in [0.1, 0.15) is 50.3 Å². The van der Waals surface area contributed by atoms with Gasteiger partial charge in [0.05, 0.1) is 18.2 Å². The molecule has 1 saturated carbocycles. The molecule has 0 saturated heterocycles. The molecule has 29 heavy (non-hydrogen) atoms. The van der Waals surface area contributed by atoms with Crippen LogP contribution in [0.5, 0.6) is 0 Å². The molecule has 1 N–H and O–H groups in total. The SMILES string of the molecule is CCc1ccc(-c2nc(CC(=O)OCC(=O)NC3(C#N)CCCCC3)cs2)cc1. The first-order chi connectivity index (χ1) is 14.0. The Labute approximate surface area is 174 Å². The topological polar surface area (TPSA) is 92.1 Å². The molecule has 1 heterocycles. The Morgan fingerprint density at radius 3 is 2.62 bits per heavy atom. The van der Waals surface area contributed by atoms with Crippen molar-refractivity contribution in [1.82, 2.24) is 10.3 Å². The lowest BCUT2D eigenvalue weighted by atomic mass is 9.83. The molecule has 1 amide bonds. The fourth-order valence-electron chi connectivity index (χ4n) is 3.47. The molecule has 0 bridgehead atoms. The minimum absolute atomic E-state index is 0.0141. The lowest BCUT2D eigenvalue weighted by Crippen LogP contribution is -2.50. The normalized spacial score (nSPS) is 15.3. The van der Waals surface area contributed by atoms with Crippen LogP contribution in [0.3, 0.4) is 0 Å². The third-order valence-corrected chi connectivity index (χ3v) is 6.09. The van der Waals surface area contributed by atoms with Gasteiger partial charge in [0, 0.05) is 10.9 Å². The Balaban J connectivity index is 1.49. The van der Waals surface area contributed by atoms with Gasteiger partial charge in [-0.15, -0.1) is 11.3 Å². The number of amides is 1. The Kier molecular flexibility index (Phi) is 6.99. The Morgan fingerprint density at radius 1 is 1.24 bits per heavy atom. The second-order valence-electron chi connectivity index (χ2n) is 7.33. The quantitative estimate of drug-likeness (QED) is 0.700. The molecule has 152 valence electrons. The standard InChI is InChI=1S/C22H25N3O3S/c1-2-16-6-8-17(9-7-16)21-24-18(14-29-21)12-20(27)28-13-19(26)25-22(15-23)10-4-3-5-11-22/h6-9,14H,2-5,10-13H2,1H3,(H,25,26). The molecule has 0 unspecified atom stereocenters. The van der Waals surface area contributed by atoms with Crippen LogP contribution in [0.2, 0.25) is 0 Å². The molecule has 1 fully saturated rings. The van der Waals surface area contributed by atoms with Crippen molar-refractivity contribution in [2.24, 2.45) is 0 Å². The van der Waals surface area contributed by atoms with E-state index < -0.39 is 17.4 Å². The smallest absolute Gasteiger partial charge is 0.312 e. The predicted octanol–water partition coefficient (Wildman–Crippen LogP) is 3.80. The van der Waals surface area contributed by atoms with Crippen LogP contribution in [-0.4, -0.2) is 29.0 Å². The Bertz CT molecular complexity index is 893. The second-order valence-corrected chi connectivity index (χ2v) is 8.19. The monoisotopic (exact) mass is 411 g/mol. The summed E-state index contributed by atoms with van der Waals surface area (Å²) in [6.07, 6.45) is 5.20. The zero-order chi connectivity index (χ0) is 20.7. The first-order valence-corrected chi connectivity index (χ1v) is 10.8. The van der Waals surface area contributed by atoms with Crippen LogP contribution in [0, 0.1) is 11.3 Å². The number of hydrogen-bond donors (Lipinski definition) is 1. The molecule has 1 aromatic heterocycles. The zero-order valence-corrected chi connectivity index (χ0v) is 17.4. The van der Waals surface area contributed by atoms with Crippen LogP contribution >= 0.6 is 11.3 Å². The molecular weight excluding hydrogens is 386 g/mol. The Hall–Kier alpha value is -2.72. The average Bonchev–Trinajstić information content (AvgIpc) is 3.21. The summed E-state index contributed by atoms with van der Waals surface area (Å²) >= 11 is 1.47. The minimum atomic E-state index is -0.821. The van der Waals surface area contributed by atoms with Crippen LogP contribution < -0.4 is 5.32 Å².